The fourth-order valence-electron chi connectivity index (χ4n) is 1.62. The number of rotatable bonds is 9. The number of halogens is 13. The van der Waals surface area contributed by atoms with Crippen LogP contribution >= 0.6 is 0 Å². The van der Waals surface area contributed by atoms with Crippen molar-refractivity contribution in [2.75, 3.05) is 6.61 Å². The molecule has 0 aromatic rings. The molecule has 1 nitrogen and oxygen atoms in total. The highest BCUT2D eigenvalue weighted by Crippen LogP contribution is 2.60. The van der Waals surface area contributed by atoms with E-state index in [1.165, 1.54) is 13.8 Å². The zero-order valence-corrected chi connectivity index (χ0v) is 13.9. The van der Waals surface area contributed by atoms with Crippen molar-refractivity contribution in [1.82, 2.24) is 0 Å². The molecule has 0 N–H and O–H groups in total. The Labute approximate surface area is 144 Å². The fourth-order valence-corrected chi connectivity index (χ4v) is 1.62. The maximum atomic E-state index is 13.6. The molecule has 27 heavy (non-hydrogen) atoms. The smallest absolute Gasteiger partial charge is 0.372 e. The van der Waals surface area contributed by atoms with Gasteiger partial charge >= 0.3 is 35.8 Å². The van der Waals surface area contributed by atoms with Gasteiger partial charge in [0.1, 0.15) is 6.10 Å². The molecule has 0 aromatic carbocycles. The summed E-state index contributed by atoms with van der Waals surface area (Å²) in [6, 6.07) is 0. The van der Waals surface area contributed by atoms with Gasteiger partial charge in [0.2, 0.25) is 0 Å². The van der Waals surface area contributed by atoms with E-state index < -0.39 is 48.5 Å². The lowest BCUT2D eigenvalue weighted by molar-refractivity contribution is -0.444. The SMILES string of the molecule is CC(C)CCOC(C)C(F)(F)C(F)(F)C(F)(F)C(F)(F)C(F)(F)C(F)(F)F. The summed E-state index contributed by atoms with van der Waals surface area (Å²) in [5.74, 6) is -37.1. The lowest BCUT2D eigenvalue weighted by atomic mass is 9.92. The summed E-state index contributed by atoms with van der Waals surface area (Å²) in [5.41, 5.74) is 0. The molecule has 0 heterocycles. The maximum absolute atomic E-state index is 13.6. The second-order valence-electron chi connectivity index (χ2n) is 6.11. The summed E-state index contributed by atoms with van der Waals surface area (Å²) < 4.78 is 172. The number of alkyl halides is 13. The van der Waals surface area contributed by atoms with Crippen molar-refractivity contribution in [2.45, 2.75) is 69.1 Å². The highest BCUT2D eigenvalue weighted by Gasteiger charge is 2.91. The topological polar surface area (TPSA) is 9.23 Å². The average molecular weight is 434 g/mol. The van der Waals surface area contributed by atoms with Crippen molar-refractivity contribution in [2.24, 2.45) is 5.92 Å². The molecule has 0 aliphatic heterocycles. The van der Waals surface area contributed by atoms with Gasteiger partial charge in [-0.25, -0.2) is 0 Å². The van der Waals surface area contributed by atoms with Crippen molar-refractivity contribution in [3.8, 4) is 0 Å². The second kappa shape index (κ2) is 7.47. The van der Waals surface area contributed by atoms with Gasteiger partial charge in [0.25, 0.3) is 0 Å². The fraction of sp³-hybridized carbons (Fsp3) is 1.00. The quantitative estimate of drug-likeness (QED) is 0.394. The van der Waals surface area contributed by atoms with Crippen LogP contribution in [0.2, 0.25) is 0 Å². The lowest BCUT2D eigenvalue weighted by Crippen LogP contribution is -2.71. The highest BCUT2D eigenvalue weighted by molar-refractivity contribution is 5.11. The minimum Gasteiger partial charge on any atom is -0.372 e. The third-order valence-electron chi connectivity index (χ3n) is 3.53. The Balaban J connectivity index is 5.93. The zero-order valence-electron chi connectivity index (χ0n) is 13.9. The van der Waals surface area contributed by atoms with E-state index in [1.54, 1.807) is 0 Å². The van der Waals surface area contributed by atoms with E-state index in [2.05, 4.69) is 4.74 Å². The molecular formula is C13H15F13O. The van der Waals surface area contributed by atoms with Crippen molar-refractivity contribution < 1.29 is 61.8 Å². The molecule has 0 radical (unpaired) electrons. The van der Waals surface area contributed by atoms with Gasteiger partial charge in [-0.2, -0.15) is 57.1 Å². The van der Waals surface area contributed by atoms with Crippen LogP contribution in [0.3, 0.4) is 0 Å². The molecule has 0 aliphatic rings. The maximum Gasteiger partial charge on any atom is 0.460 e. The van der Waals surface area contributed by atoms with E-state index in [4.69, 9.17) is 0 Å². The average Bonchev–Trinajstić information content (AvgIpc) is 2.44. The van der Waals surface area contributed by atoms with Crippen molar-refractivity contribution in [1.29, 1.82) is 0 Å². The molecule has 164 valence electrons. The second-order valence-corrected chi connectivity index (χ2v) is 6.11. The van der Waals surface area contributed by atoms with Crippen molar-refractivity contribution >= 4 is 0 Å². The van der Waals surface area contributed by atoms with Crippen LogP contribution in [0.1, 0.15) is 27.2 Å². The standard InChI is InChI=1S/C13H15F13O/c1-6(2)4-5-27-7(3)8(14,15)9(16,17)10(18,19)11(20,21)12(22,23)13(24,25)26/h6-7H,4-5H2,1-3H3. The lowest BCUT2D eigenvalue weighted by Gasteiger charge is -2.41. The molecule has 0 amide bonds. The third kappa shape index (κ3) is 4.24. The van der Waals surface area contributed by atoms with E-state index >= 15 is 0 Å². The Bertz CT molecular complexity index is 495. The summed E-state index contributed by atoms with van der Waals surface area (Å²) in [6.07, 6.45) is -10.7. The first-order chi connectivity index (χ1) is 11.6. The molecule has 14 heteroatoms. The Morgan fingerprint density at radius 1 is 0.593 bits per heavy atom. The number of hydrogen-bond donors (Lipinski definition) is 0. The van der Waals surface area contributed by atoms with Crippen LogP contribution in [0.4, 0.5) is 57.1 Å². The predicted molar refractivity (Wildman–Crippen MR) is 65.7 cm³/mol. The summed E-state index contributed by atoms with van der Waals surface area (Å²) in [7, 11) is 0. The summed E-state index contributed by atoms with van der Waals surface area (Å²) >= 11 is 0. The molecule has 1 unspecified atom stereocenters. The van der Waals surface area contributed by atoms with Gasteiger partial charge in [-0.15, -0.1) is 0 Å². The van der Waals surface area contributed by atoms with E-state index in [-0.39, 0.29) is 19.3 Å². The van der Waals surface area contributed by atoms with Crippen LogP contribution in [-0.4, -0.2) is 48.5 Å². The highest BCUT2D eigenvalue weighted by atomic mass is 19.4. The summed E-state index contributed by atoms with van der Waals surface area (Å²) in [5, 5.41) is 0. The van der Waals surface area contributed by atoms with Gasteiger partial charge in [0.05, 0.1) is 0 Å². The van der Waals surface area contributed by atoms with Crippen LogP contribution < -0.4 is 0 Å². The van der Waals surface area contributed by atoms with E-state index in [0.29, 0.717) is 0 Å². The first-order valence-electron chi connectivity index (χ1n) is 7.16. The first kappa shape index (κ1) is 26.1. The third-order valence-corrected chi connectivity index (χ3v) is 3.53. The van der Waals surface area contributed by atoms with E-state index in [1.807, 2.05) is 0 Å². The minimum atomic E-state index is -7.89. The van der Waals surface area contributed by atoms with Gasteiger partial charge in [0.15, 0.2) is 0 Å². The first-order valence-corrected chi connectivity index (χ1v) is 7.16. The van der Waals surface area contributed by atoms with Crippen LogP contribution in [0.5, 0.6) is 0 Å². The number of hydrogen-bond acceptors (Lipinski definition) is 1. The Kier molecular flexibility index (Phi) is 7.20. The predicted octanol–water partition coefficient (Wildman–Crippen LogP) is 6.18. The zero-order chi connectivity index (χ0) is 22.3. The van der Waals surface area contributed by atoms with E-state index in [0.717, 1.165) is 0 Å². The molecule has 0 fully saturated rings. The molecule has 0 aromatic heterocycles. The summed E-state index contributed by atoms with van der Waals surface area (Å²) in [4.78, 5) is 0. The Hall–Kier alpha value is -0.950. The molecule has 0 bridgehead atoms. The van der Waals surface area contributed by atoms with Crippen LogP contribution in [0.15, 0.2) is 0 Å². The molecule has 0 spiro atoms. The molecule has 0 aliphatic carbocycles. The minimum absolute atomic E-state index is 0.0509. The monoisotopic (exact) mass is 434 g/mol. The largest absolute Gasteiger partial charge is 0.460 e. The number of ether oxygens (including phenoxy) is 1. The Morgan fingerprint density at radius 2 is 0.963 bits per heavy atom. The van der Waals surface area contributed by atoms with E-state index in [9.17, 15) is 57.1 Å². The van der Waals surface area contributed by atoms with Gasteiger partial charge in [0, 0.05) is 6.61 Å². The molecule has 1 atom stereocenters. The molecule has 0 rings (SSSR count). The summed E-state index contributed by atoms with van der Waals surface area (Å²) in [6.45, 7) is 2.39. The molecular weight excluding hydrogens is 419 g/mol. The van der Waals surface area contributed by atoms with Gasteiger partial charge in [-0.1, -0.05) is 13.8 Å². The Morgan fingerprint density at radius 3 is 1.30 bits per heavy atom. The van der Waals surface area contributed by atoms with Crippen molar-refractivity contribution in [3.05, 3.63) is 0 Å². The van der Waals surface area contributed by atoms with Gasteiger partial charge < -0.3 is 4.74 Å². The van der Waals surface area contributed by atoms with Crippen LogP contribution in [-0.2, 0) is 4.74 Å². The normalized spacial score (nSPS) is 16.8. The van der Waals surface area contributed by atoms with Gasteiger partial charge in [-0.3, -0.25) is 0 Å². The molecule has 0 saturated carbocycles. The van der Waals surface area contributed by atoms with Crippen molar-refractivity contribution in [3.63, 3.8) is 0 Å². The van der Waals surface area contributed by atoms with Crippen LogP contribution in [0, 0.1) is 5.92 Å². The van der Waals surface area contributed by atoms with Gasteiger partial charge in [-0.05, 0) is 19.3 Å². The van der Waals surface area contributed by atoms with Crippen LogP contribution in [0.25, 0.3) is 0 Å². The molecule has 0 saturated heterocycles.